The minimum Gasteiger partial charge on any atom is -0.381 e. The molecule has 7 heteroatoms. The highest BCUT2D eigenvalue weighted by Crippen LogP contribution is 2.21. The molecule has 1 rings (SSSR count). The Morgan fingerprint density at radius 1 is 1.65 bits per heavy atom. The van der Waals surface area contributed by atoms with Gasteiger partial charge in [-0.1, -0.05) is 6.08 Å². The van der Waals surface area contributed by atoms with Crippen molar-refractivity contribution in [1.82, 2.24) is 14.5 Å². The van der Waals surface area contributed by atoms with E-state index in [9.17, 15) is 8.42 Å². The van der Waals surface area contributed by atoms with Gasteiger partial charge in [-0.05, 0) is 20.3 Å². The van der Waals surface area contributed by atoms with Crippen molar-refractivity contribution in [2.24, 2.45) is 7.05 Å². The van der Waals surface area contributed by atoms with Gasteiger partial charge < -0.3 is 5.73 Å². The van der Waals surface area contributed by atoms with Crippen LogP contribution in [0.2, 0.25) is 0 Å². The second-order valence-electron chi connectivity index (χ2n) is 3.97. The number of anilines is 1. The standard InChI is InChI=1S/C10H18N4O2S/c1-5-6-7(2)13-17(15,16)9-8(3)14(4)12-10(9)11/h5,7,13H,1,6H2,2-4H3,(H2,11,12). The molecule has 17 heavy (non-hydrogen) atoms. The van der Waals surface area contributed by atoms with E-state index in [0.29, 0.717) is 12.1 Å². The molecule has 1 aromatic heterocycles. The van der Waals surface area contributed by atoms with Crippen LogP contribution in [0, 0.1) is 6.92 Å². The van der Waals surface area contributed by atoms with Crippen molar-refractivity contribution in [2.45, 2.75) is 31.2 Å². The van der Waals surface area contributed by atoms with E-state index in [0.717, 1.165) is 0 Å². The first kappa shape index (κ1) is 13.7. The molecular formula is C10H18N4O2S. The maximum atomic E-state index is 12.1. The van der Waals surface area contributed by atoms with Gasteiger partial charge in [-0.15, -0.1) is 6.58 Å². The van der Waals surface area contributed by atoms with Crippen LogP contribution in [-0.4, -0.2) is 24.2 Å². The van der Waals surface area contributed by atoms with E-state index in [1.165, 1.54) is 4.68 Å². The quantitative estimate of drug-likeness (QED) is 0.755. The summed E-state index contributed by atoms with van der Waals surface area (Å²) in [5.74, 6) is 0.0169. The first-order valence-electron chi connectivity index (χ1n) is 5.22. The molecule has 1 aromatic rings. The molecule has 0 radical (unpaired) electrons. The Labute approximate surface area is 102 Å². The summed E-state index contributed by atoms with van der Waals surface area (Å²) in [5.41, 5.74) is 6.12. The van der Waals surface area contributed by atoms with Crippen LogP contribution >= 0.6 is 0 Å². The maximum Gasteiger partial charge on any atom is 0.246 e. The predicted molar refractivity (Wildman–Crippen MR) is 67.0 cm³/mol. The molecule has 96 valence electrons. The summed E-state index contributed by atoms with van der Waals surface area (Å²) >= 11 is 0. The van der Waals surface area contributed by atoms with Crippen LogP contribution in [0.3, 0.4) is 0 Å². The van der Waals surface area contributed by atoms with Crippen molar-refractivity contribution in [3.05, 3.63) is 18.3 Å². The third-order valence-electron chi connectivity index (χ3n) is 2.45. The minimum atomic E-state index is -3.63. The summed E-state index contributed by atoms with van der Waals surface area (Å²) in [6.45, 7) is 6.99. The predicted octanol–water partition coefficient (Wildman–Crippen LogP) is 0.554. The number of nitrogens with two attached hydrogens (primary N) is 1. The Morgan fingerprint density at radius 2 is 2.24 bits per heavy atom. The number of aromatic nitrogens is 2. The van der Waals surface area contributed by atoms with Gasteiger partial charge in [-0.3, -0.25) is 4.68 Å². The lowest BCUT2D eigenvalue weighted by molar-refractivity contribution is 0.561. The highest BCUT2D eigenvalue weighted by atomic mass is 32.2. The monoisotopic (exact) mass is 258 g/mol. The average Bonchev–Trinajstić information content (AvgIpc) is 2.40. The zero-order valence-corrected chi connectivity index (χ0v) is 11.1. The highest BCUT2D eigenvalue weighted by molar-refractivity contribution is 7.89. The van der Waals surface area contributed by atoms with Gasteiger partial charge in [0.1, 0.15) is 4.90 Å². The van der Waals surface area contributed by atoms with Crippen molar-refractivity contribution < 1.29 is 8.42 Å². The van der Waals surface area contributed by atoms with Crippen molar-refractivity contribution >= 4 is 15.8 Å². The van der Waals surface area contributed by atoms with Gasteiger partial charge >= 0.3 is 0 Å². The van der Waals surface area contributed by atoms with Crippen LogP contribution in [0.5, 0.6) is 0 Å². The molecule has 3 N–H and O–H groups in total. The SMILES string of the molecule is C=CCC(C)NS(=O)(=O)c1c(N)nn(C)c1C. The van der Waals surface area contributed by atoms with E-state index in [1.807, 2.05) is 0 Å². The lowest BCUT2D eigenvalue weighted by Crippen LogP contribution is -2.32. The lowest BCUT2D eigenvalue weighted by Gasteiger charge is -2.12. The Morgan fingerprint density at radius 3 is 2.65 bits per heavy atom. The first-order valence-corrected chi connectivity index (χ1v) is 6.70. The van der Waals surface area contributed by atoms with Crippen LogP contribution in [0.1, 0.15) is 19.0 Å². The molecule has 0 amide bonds. The highest BCUT2D eigenvalue weighted by Gasteiger charge is 2.25. The fraction of sp³-hybridized carbons (Fsp3) is 0.500. The number of hydrogen-bond donors (Lipinski definition) is 2. The maximum absolute atomic E-state index is 12.1. The van der Waals surface area contributed by atoms with E-state index >= 15 is 0 Å². The average molecular weight is 258 g/mol. The third kappa shape index (κ3) is 2.86. The summed E-state index contributed by atoms with van der Waals surface area (Å²) in [5, 5.41) is 3.89. The van der Waals surface area contributed by atoms with Gasteiger partial charge in [0.05, 0.1) is 5.69 Å². The molecule has 0 saturated heterocycles. The summed E-state index contributed by atoms with van der Waals surface area (Å²) < 4.78 is 28.2. The molecule has 0 aliphatic rings. The molecular weight excluding hydrogens is 240 g/mol. The van der Waals surface area contributed by atoms with Gasteiger partial charge in [0, 0.05) is 13.1 Å². The molecule has 0 saturated carbocycles. The number of sulfonamides is 1. The first-order chi connectivity index (χ1) is 7.79. The van der Waals surface area contributed by atoms with Crippen LogP contribution in [0.15, 0.2) is 17.6 Å². The molecule has 0 spiro atoms. The fourth-order valence-corrected chi connectivity index (χ4v) is 3.15. The van der Waals surface area contributed by atoms with E-state index in [2.05, 4.69) is 16.4 Å². The van der Waals surface area contributed by atoms with Crippen LogP contribution in [0.4, 0.5) is 5.82 Å². The lowest BCUT2D eigenvalue weighted by atomic mass is 10.3. The zero-order valence-electron chi connectivity index (χ0n) is 10.3. The molecule has 0 aliphatic heterocycles. The van der Waals surface area contributed by atoms with Crippen LogP contribution < -0.4 is 10.5 Å². The number of aryl methyl sites for hydroxylation is 1. The topological polar surface area (TPSA) is 90.0 Å². The second kappa shape index (κ2) is 4.89. The molecule has 0 fully saturated rings. The zero-order chi connectivity index (χ0) is 13.2. The smallest absolute Gasteiger partial charge is 0.246 e. The number of rotatable bonds is 5. The third-order valence-corrected chi connectivity index (χ3v) is 4.20. The summed E-state index contributed by atoms with van der Waals surface area (Å²) in [6, 6.07) is -0.225. The second-order valence-corrected chi connectivity index (χ2v) is 5.62. The molecule has 0 bridgehead atoms. The molecule has 0 aromatic carbocycles. The van der Waals surface area contributed by atoms with Gasteiger partial charge in [0.2, 0.25) is 10.0 Å². The van der Waals surface area contributed by atoms with Gasteiger partial charge in [0.25, 0.3) is 0 Å². The molecule has 6 nitrogen and oxygen atoms in total. The molecule has 1 atom stereocenters. The Kier molecular flexibility index (Phi) is 3.94. The molecule has 0 aliphatic carbocycles. The largest absolute Gasteiger partial charge is 0.381 e. The van der Waals surface area contributed by atoms with E-state index < -0.39 is 10.0 Å². The fourth-order valence-electron chi connectivity index (χ4n) is 1.57. The Bertz CT molecular complexity index is 519. The number of hydrogen-bond acceptors (Lipinski definition) is 4. The van der Waals surface area contributed by atoms with Crippen LogP contribution in [0.25, 0.3) is 0 Å². The van der Waals surface area contributed by atoms with Gasteiger partial charge in [-0.2, -0.15) is 5.10 Å². The van der Waals surface area contributed by atoms with Crippen molar-refractivity contribution in [2.75, 3.05) is 5.73 Å². The summed E-state index contributed by atoms with van der Waals surface area (Å²) in [7, 11) is -1.98. The van der Waals surface area contributed by atoms with Crippen molar-refractivity contribution in [3.63, 3.8) is 0 Å². The van der Waals surface area contributed by atoms with Gasteiger partial charge in [0.15, 0.2) is 5.82 Å². The van der Waals surface area contributed by atoms with E-state index in [-0.39, 0.29) is 16.8 Å². The molecule has 1 heterocycles. The Balaban J connectivity index is 3.09. The minimum absolute atomic E-state index is 0.0169. The number of nitrogen functional groups attached to an aromatic ring is 1. The van der Waals surface area contributed by atoms with E-state index in [4.69, 9.17) is 5.73 Å². The number of nitrogens with one attached hydrogen (secondary N) is 1. The van der Waals surface area contributed by atoms with Gasteiger partial charge in [-0.25, -0.2) is 13.1 Å². The summed E-state index contributed by atoms with van der Waals surface area (Å²) in [6.07, 6.45) is 2.21. The van der Waals surface area contributed by atoms with Crippen molar-refractivity contribution in [3.8, 4) is 0 Å². The summed E-state index contributed by atoms with van der Waals surface area (Å²) in [4.78, 5) is 0.0518. The normalized spacial score (nSPS) is 13.6. The number of nitrogens with zero attached hydrogens (tertiary/aromatic N) is 2. The van der Waals surface area contributed by atoms with E-state index in [1.54, 1.807) is 27.0 Å². The Hall–Kier alpha value is -1.34. The molecule has 1 unspecified atom stereocenters. The van der Waals surface area contributed by atoms with Crippen molar-refractivity contribution in [1.29, 1.82) is 0 Å². The van der Waals surface area contributed by atoms with Crippen LogP contribution in [-0.2, 0) is 17.1 Å².